The van der Waals surface area contributed by atoms with Crippen LogP contribution in [-0.4, -0.2) is 75.9 Å². The van der Waals surface area contributed by atoms with Gasteiger partial charge in [-0.1, -0.05) is 0 Å². The highest BCUT2D eigenvalue weighted by Gasteiger charge is 2.31. The molecule has 2 unspecified atom stereocenters. The van der Waals surface area contributed by atoms with Crippen LogP contribution in [-0.2, 0) is 4.79 Å². The van der Waals surface area contributed by atoms with Crippen molar-refractivity contribution < 1.29 is 19.8 Å². The van der Waals surface area contributed by atoms with Crippen molar-refractivity contribution in [1.29, 1.82) is 0 Å². The lowest BCUT2D eigenvalue weighted by molar-refractivity contribution is -0.141. The average Bonchev–Trinajstić information content (AvgIpc) is 2.34. The maximum absolute atomic E-state index is 12.0. The van der Waals surface area contributed by atoms with Gasteiger partial charge in [0, 0.05) is 31.7 Å². The van der Waals surface area contributed by atoms with E-state index in [0.717, 1.165) is 13.1 Å². The second-order valence-corrected chi connectivity index (χ2v) is 6.15. The lowest BCUT2D eigenvalue weighted by atomic mass is 10.1. The minimum absolute atomic E-state index is 0.0613. The summed E-state index contributed by atoms with van der Waals surface area (Å²) in [6.07, 6.45) is -1.13. The molecule has 7 nitrogen and oxygen atoms in total. The van der Waals surface area contributed by atoms with Crippen LogP contribution < -0.4 is 5.32 Å². The molecule has 0 bridgehead atoms. The van der Waals surface area contributed by atoms with E-state index in [-0.39, 0.29) is 5.54 Å². The zero-order chi connectivity index (χ0) is 15.5. The lowest BCUT2D eigenvalue weighted by Gasteiger charge is -2.42. The average molecular weight is 287 g/mol. The molecule has 1 heterocycles. The molecule has 0 aromatic heterocycles. The first-order valence-corrected chi connectivity index (χ1v) is 6.84. The molecule has 0 aromatic carbocycles. The first-order valence-electron chi connectivity index (χ1n) is 6.84. The predicted molar refractivity (Wildman–Crippen MR) is 74.5 cm³/mol. The number of aliphatic carboxylic acids is 1. The number of hydrogen-bond donors (Lipinski definition) is 3. The molecular weight excluding hydrogens is 262 g/mol. The second kappa shape index (κ2) is 6.41. The molecule has 1 aliphatic heterocycles. The van der Waals surface area contributed by atoms with Crippen LogP contribution >= 0.6 is 0 Å². The Labute approximate surface area is 119 Å². The summed E-state index contributed by atoms with van der Waals surface area (Å²) in [6, 6.07) is -1.71. The summed E-state index contributed by atoms with van der Waals surface area (Å²) in [5.74, 6) is -1.23. The van der Waals surface area contributed by atoms with Gasteiger partial charge in [-0.3, -0.25) is 4.90 Å². The van der Waals surface area contributed by atoms with Crippen molar-refractivity contribution >= 4 is 12.0 Å². The number of carboxylic acids is 1. The van der Waals surface area contributed by atoms with Gasteiger partial charge in [0.2, 0.25) is 0 Å². The van der Waals surface area contributed by atoms with Crippen LogP contribution in [0, 0.1) is 0 Å². The summed E-state index contributed by atoms with van der Waals surface area (Å²) < 4.78 is 0. The Morgan fingerprint density at radius 1 is 1.15 bits per heavy atom. The molecule has 116 valence electrons. The Bertz CT molecular complexity index is 357. The van der Waals surface area contributed by atoms with Gasteiger partial charge in [-0.2, -0.15) is 0 Å². The Kier molecular flexibility index (Phi) is 5.35. The number of rotatable bonds is 3. The van der Waals surface area contributed by atoms with Gasteiger partial charge in [0.1, 0.15) is 0 Å². The van der Waals surface area contributed by atoms with Gasteiger partial charge in [-0.15, -0.1) is 0 Å². The molecule has 0 aromatic rings. The molecular formula is C13H25N3O4. The summed E-state index contributed by atoms with van der Waals surface area (Å²) in [6.45, 7) is 10.3. The number of hydrogen-bond acceptors (Lipinski definition) is 4. The molecule has 2 amide bonds. The topological polar surface area (TPSA) is 93.1 Å². The molecule has 1 aliphatic rings. The van der Waals surface area contributed by atoms with Crippen molar-refractivity contribution in [3.05, 3.63) is 0 Å². The van der Waals surface area contributed by atoms with Crippen molar-refractivity contribution in [1.82, 2.24) is 15.1 Å². The van der Waals surface area contributed by atoms with Crippen LogP contribution in [0.1, 0.15) is 27.7 Å². The van der Waals surface area contributed by atoms with Gasteiger partial charge in [0.05, 0.1) is 6.10 Å². The standard InChI is InChI=1S/C13H25N3O4/c1-9(17)10(11(18)19)14-12(20)15-5-7-16(8-6-15)13(2,3)4/h9-10,17H,5-8H2,1-4H3,(H,14,20)(H,18,19). The van der Waals surface area contributed by atoms with Crippen LogP contribution in [0.4, 0.5) is 4.79 Å². The van der Waals surface area contributed by atoms with Crippen LogP contribution in [0.15, 0.2) is 0 Å². The Balaban J connectivity index is 2.53. The fourth-order valence-corrected chi connectivity index (χ4v) is 2.19. The highest BCUT2D eigenvalue weighted by molar-refractivity contribution is 5.83. The third kappa shape index (κ3) is 4.35. The number of piperazine rings is 1. The van der Waals surface area contributed by atoms with E-state index in [1.54, 1.807) is 4.90 Å². The summed E-state index contributed by atoms with van der Waals surface area (Å²) in [5.41, 5.74) is 0.0613. The lowest BCUT2D eigenvalue weighted by Crippen LogP contribution is -2.59. The SMILES string of the molecule is CC(O)C(NC(=O)N1CCN(C(C)(C)C)CC1)C(=O)O. The van der Waals surface area contributed by atoms with E-state index in [4.69, 9.17) is 5.11 Å². The normalized spacial score (nSPS) is 20.4. The number of carboxylic acid groups (broad SMARTS) is 1. The zero-order valence-electron chi connectivity index (χ0n) is 12.6. The predicted octanol–water partition coefficient (Wildman–Crippen LogP) is -0.0539. The quantitative estimate of drug-likeness (QED) is 0.676. The molecule has 7 heteroatoms. The molecule has 2 atom stereocenters. The molecule has 20 heavy (non-hydrogen) atoms. The first kappa shape index (κ1) is 16.7. The van der Waals surface area contributed by atoms with Gasteiger partial charge in [0.25, 0.3) is 0 Å². The molecule has 1 rings (SSSR count). The number of carbonyl (C=O) groups is 2. The van der Waals surface area contributed by atoms with Gasteiger partial charge >= 0.3 is 12.0 Å². The summed E-state index contributed by atoms with van der Waals surface area (Å²) in [7, 11) is 0. The van der Waals surface area contributed by atoms with Gasteiger partial charge in [-0.05, 0) is 27.7 Å². The van der Waals surface area contributed by atoms with Crippen LogP contribution in [0.3, 0.4) is 0 Å². The van der Waals surface area contributed by atoms with Crippen LogP contribution in [0.25, 0.3) is 0 Å². The van der Waals surface area contributed by atoms with E-state index in [0.29, 0.717) is 13.1 Å². The van der Waals surface area contributed by atoms with Crippen molar-refractivity contribution in [2.75, 3.05) is 26.2 Å². The summed E-state index contributed by atoms with van der Waals surface area (Å²) in [5, 5.41) is 20.7. The number of carbonyl (C=O) groups excluding carboxylic acids is 1. The molecule has 0 radical (unpaired) electrons. The summed E-state index contributed by atoms with van der Waals surface area (Å²) >= 11 is 0. The minimum Gasteiger partial charge on any atom is -0.480 e. The number of urea groups is 1. The molecule has 0 spiro atoms. The van der Waals surface area contributed by atoms with E-state index >= 15 is 0 Å². The Morgan fingerprint density at radius 3 is 2.00 bits per heavy atom. The van der Waals surface area contributed by atoms with Crippen molar-refractivity contribution in [3.8, 4) is 0 Å². The number of nitrogens with zero attached hydrogens (tertiary/aromatic N) is 2. The maximum atomic E-state index is 12.0. The molecule has 1 fully saturated rings. The fraction of sp³-hybridized carbons (Fsp3) is 0.846. The highest BCUT2D eigenvalue weighted by atomic mass is 16.4. The Hall–Kier alpha value is -1.34. The van der Waals surface area contributed by atoms with Gasteiger partial charge in [-0.25, -0.2) is 9.59 Å². The monoisotopic (exact) mass is 287 g/mol. The van der Waals surface area contributed by atoms with Crippen molar-refractivity contribution in [2.24, 2.45) is 0 Å². The van der Waals surface area contributed by atoms with Crippen molar-refractivity contribution in [3.63, 3.8) is 0 Å². The van der Waals surface area contributed by atoms with E-state index in [2.05, 4.69) is 31.0 Å². The third-order valence-electron chi connectivity index (χ3n) is 3.54. The van der Waals surface area contributed by atoms with E-state index in [9.17, 15) is 14.7 Å². The van der Waals surface area contributed by atoms with Gasteiger partial charge < -0.3 is 20.4 Å². The van der Waals surface area contributed by atoms with Gasteiger partial charge in [0.15, 0.2) is 6.04 Å². The molecule has 1 saturated heterocycles. The third-order valence-corrected chi connectivity index (χ3v) is 3.54. The number of aliphatic hydroxyl groups is 1. The zero-order valence-corrected chi connectivity index (χ0v) is 12.6. The maximum Gasteiger partial charge on any atom is 0.328 e. The number of amides is 2. The minimum atomic E-state index is -1.27. The molecule has 0 saturated carbocycles. The van der Waals surface area contributed by atoms with E-state index in [1.165, 1.54) is 6.92 Å². The second-order valence-electron chi connectivity index (χ2n) is 6.15. The number of nitrogens with one attached hydrogen (secondary N) is 1. The summed E-state index contributed by atoms with van der Waals surface area (Å²) in [4.78, 5) is 26.8. The van der Waals surface area contributed by atoms with E-state index < -0.39 is 24.1 Å². The number of aliphatic hydroxyl groups excluding tert-OH is 1. The van der Waals surface area contributed by atoms with E-state index in [1.807, 2.05) is 0 Å². The molecule has 3 N–H and O–H groups in total. The van der Waals surface area contributed by atoms with Crippen LogP contribution in [0.5, 0.6) is 0 Å². The highest BCUT2D eigenvalue weighted by Crippen LogP contribution is 2.15. The smallest absolute Gasteiger partial charge is 0.328 e. The molecule has 0 aliphatic carbocycles. The fourth-order valence-electron chi connectivity index (χ4n) is 2.19. The first-order chi connectivity index (χ1) is 9.12. The van der Waals surface area contributed by atoms with Crippen LogP contribution in [0.2, 0.25) is 0 Å². The van der Waals surface area contributed by atoms with Crippen molar-refractivity contribution in [2.45, 2.75) is 45.4 Å². The largest absolute Gasteiger partial charge is 0.480 e. The Morgan fingerprint density at radius 2 is 1.65 bits per heavy atom.